The van der Waals surface area contributed by atoms with Crippen molar-refractivity contribution in [1.29, 1.82) is 5.26 Å². The van der Waals surface area contributed by atoms with Crippen molar-refractivity contribution in [2.75, 3.05) is 44.3 Å². The second-order valence-electron chi connectivity index (χ2n) is 11.8. The lowest BCUT2D eigenvalue weighted by molar-refractivity contribution is -0.109. The van der Waals surface area contributed by atoms with Gasteiger partial charge in [-0.3, -0.25) is 4.90 Å². The normalized spacial score (nSPS) is 24.2. The molecule has 3 fully saturated rings. The van der Waals surface area contributed by atoms with Gasteiger partial charge in [-0.2, -0.15) is 5.26 Å². The van der Waals surface area contributed by atoms with Crippen molar-refractivity contribution in [1.82, 2.24) is 9.88 Å². The van der Waals surface area contributed by atoms with Crippen LogP contribution in [0.3, 0.4) is 0 Å². The third-order valence-electron chi connectivity index (χ3n) is 8.94. The first kappa shape index (κ1) is 29.1. The molecule has 4 atom stereocenters. The second-order valence-corrected chi connectivity index (χ2v) is 12.6. The number of aliphatic hydroxyl groups is 3. The standard InChI is InChI=1S/C32H38N4O5S/c1-20-2-7-29(41-18-24-4-3-21(11-25(24)12-33)13-35-8-9-40-26(16-35)17-37)27(10-20)28-19-42-32(34-28)36-14-22-5-6-23(15-36)30(22)31(38)39/h2-4,7,10-11,19,22-23,26,30-31,37-39H,5-6,8-9,13-18H2,1H3/t22-,23+,26?,30?. The van der Waals surface area contributed by atoms with Gasteiger partial charge in [0.2, 0.25) is 0 Å². The Labute approximate surface area is 250 Å². The monoisotopic (exact) mass is 590 g/mol. The highest BCUT2D eigenvalue weighted by atomic mass is 32.1. The fourth-order valence-electron chi connectivity index (χ4n) is 6.81. The molecule has 1 aliphatic carbocycles. The number of piperidine rings is 1. The number of nitrogens with zero attached hydrogens (tertiary/aromatic N) is 4. The Morgan fingerprint density at radius 3 is 2.69 bits per heavy atom. The average molecular weight is 591 g/mol. The summed E-state index contributed by atoms with van der Waals surface area (Å²) in [6.07, 6.45) is 0.647. The van der Waals surface area contributed by atoms with Crippen LogP contribution in [0.1, 0.15) is 35.1 Å². The van der Waals surface area contributed by atoms with Crippen LogP contribution in [0.2, 0.25) is 0 Å². The molecule has 10 heteroatoms. The van der Waals surface area contributed by atoms with Gasteiger partial charge in [0.05, 0.1) is 36.6 Å². The highest BCUT2D eigenvalue weighted by molar-refractivity contribution is 7.14. The number of hydrogen-bond acceptors (Lipinski definition) is 10. The zero-order valence-corrected chi connectivity index (χ0v) is 24.7. The summed E-state index contributed by atoms with van der Waals surface area (Å²) in [5.74, 6) is 1.24. The number of aryl methyl sites for hydroxylation is 1. The van der Waals surface area contributed by atoms with Crippen molar-refractivity contribution < 1.29 is 24.8 Å². The van der Waals surface area contributed by atoms with E-state index in [1.54, 1.807) is 11.3 Å². The molecule has 2 aliphatic heterocycles. The highest BCUT2D eigenvalue weighted by Gasteiger charge is 2.45. The molecular weight excluding hydrogens is 552 g/mol. The summed E-state index contributed by atoms with van der Waals surface area (Å²) >= 11 is 1.61. The van der Waals surface area contributed by atoms with Gasteiger partial charge in [-0.05, 0) is 55.4 Å². The molecule has 3 heterocycles. The van der Waals surface area contributed by atoms with E-state index < -0.39 is 6.29 Å². The van der Waals surface area contributed by atoms with Crippen molar-refractivity contribution in [2.45, 2.75) is 45.3 Å². The molecule has 0 radical (unpaired) electrons. The number of rotatable bonds is 9. The predicted molar refractivity (Wildman–Crippen MR) is 160 cm³/mol. The van der Waals surface area contributed by atoms with Crippen LogP contribution in [0.15, 0.2) is 41.8 Å². The van der Waals surface area contributed by atoms with Crippen molar-refractivity contribution in [3.63, 3.8) is 0 Å². The molecule has 1 aromatic heterocycles. The third kappa shape index (κ3) is 6.18. The van der Waals surface area contributed by atoms with Gasteiger partial charge in [-0.15, -0.1) is 11.3 Å². The van der Waals surface area contributed by atoms with Gasteiger partial charge >= 0.3 is 0 Å². The first-order chi connectivity index (χ1) is 20.4. The average Bonchev–Trinajstić information content (AvgIpc) is 3.59. The van der Waals surface area contributed by atoms with Gasteiger partial charge < -0.3 is 29.7 Å². The van der Waals surface area contributed by atoms with Crippen LogP contribution >= 0.6 is 11.3 Å². The molecule has 2 bridgehead atoms. The summed E-state index contributed by atoms with van der Waals surface area (Å²) in [5.41, 5.74) is 5.35. The SMILES string of the molecule is Cc1ccc(OCc2ccc(CN3CCOC(CO)C3)cc2C#N)c(-c2csc(N3C[C@H]4CC[C@@H](C3)C4C(O)O)n2)c1. The zero-order valence-electron chi connectivity index (χ0n) is 23.9. The molecule has 2 saturated heterocycles. The fourth-order valence-corrected chi connectivity index (χ4v) is 7.66. The predicted octanol–water partition coefficient (Wildman–Crippen LogP) is 3.54. The van der Waals surface area contributed by atoms with E-state index in [2.05, 4.69) is 27.3 Å². The first-order valence-corrected chi connectivity index (χ1v) is 15.6. The minimum Gasteiger partial charge on any atom is -0.488 e. The van der Waals surface area contributed by atoms with Crippen LogP contribution in [-0.2, 0) is 17.9 Å². The lowest BCUT2D eigenvalue weighted by atomic mass is 9.85. The number of benzene rings is 2. The minimum atomic E-state index is -1.24. The topological polar surface area (TPSA) is 122 Å². The second kappa shape index (κ2) is 12.7. The smallest absolute Gasteiger partial charge is 0.185 e. The molecule has 6 rings (SSSR count). The molecule has 1 saturated carbocycles. The number of morpholine rings is 1. The molecule has 0 spiro atoms. The Balaban J connectivity index is 1.15. The van der Waals surface area contributed by atoms with E-state index in [-0.39, 0.29) is 37.1 Å². The summed E-state index contributed by atoms with van der Waals surface area (Å²) in [7, 11) is 0. The maximum Gasteiger partial charge on any atom is 0.185 e. The van der Waals surface area contributed by atoms with Crippen molar-refractivity contribution >= 4 is 16.5 Å². The van der Waals surface area contributed by atoms with Gasteiger partial charge in [0, 0.05) is 55.1 Å². The van der Waals surface area contributed by atoms with Gasteiger partial charge in [0.25, 0.3) is 0 Å². The molecule has 9 nitrogen and oxygen atoms in total. The lowest BCUT2D eigenvalue weighted by Crippen LogP contribution is -2.46. The van der Waals surface area contributed by atoms with E-state index in [1.807, 2.05) is 37.3 Å². The summed E-state index contributed by atoms with van der Waals surface area (Å²) < 4.78 is 11.9. The molecular formula is C32H38N4O5S. The van der Waals surface area contributed by atoms with Crippen LogP contribution in [0.25, 0.3) is 11.3 Å². The van der Waals surface area contributed by atoms with Crippen LogP contribution in [0.4, 0.5) is 5.13 Å². The fraction of sp³-hybridized carbons (Fsp3) is 0.500. The number of nitriles is 1. The van der Waals surface area contributed by atoms with E-state index in [9.17, 15) is 20.6 Å². The number of aromatic nitrogens is 1. The third-order valence-corrected chi connectivity index (χ3v) is 9.84. The Kier molecular flexibility index (Phi) is 8.77. The van der Waals surface area contributed by atoms with Crippen LogP contribution in [0.5, 0.6) is 5.75 Å². The van der Waals surface area contributed by atoms with Crippen LogP contribution in [-0.4, -0.2) is 77.0 Å². The van der Waals surface area contributed by atoms with E-state index in [0.29, 0.717) is 25.3 Å². The molecule has 42 heavy (non-hydrogen) atoms. The van der Waals surface area contributed by atoms with E-state index in [1.165, 1.54) is 0 Å². The van der Waals surface area contributed by atoms with Gasteiger partial charge in [-0.1, -0.05) is 23.8 Å². The van der Waals surface area contributed by atoms with Gasteiger partial charge in [0.1, 0.15) is 12.4 Å². The largest absolute Gasteiger partial charge is 0.488 e. The van der Waals surface area contributed by atoms with Gasteiger partial charge in [-0.25, -0.2) is 4.98 Å². The Morgan fingerprint density at radius 1 is 1.14 bits per heavy atom. The van der Waals surface area contributed by atoms with Gasteiger partial charge in [0.15, 0.2) is 11.4 Å². The maximum atomic E-state index is 9.90. The van der Waals surface area contributed by atoms with Crippen molar-refractivity contribution in [3.05, 3.63) is 64.0 Å². The summed E-state index contributed by atoms with van der Waals surface area (Å²) in [4.78, 5) is 9.53. The first-order valence-electron chi connectivity index (χ1n) is 14.7. The summed E-state index contributed by atoms with van der Waals surface area (Å²) in [6, 6.07) is 14.3. The number of hydrogen-bond donors (Lipinski definition) is 3. The molecule has 3 aliphatic rings. The van der Waals surface area contributed by atoms with Crippen molar-refractivity contribution in [3.8, 4) is 23.1 Å². The molecule has 0 amide bonds. The lowest BCUT2D eigenvalue weighted by Gasteiger charge is -2.38. The Bertz CT molecular complexity index is 1420. The Morgan fingerprint density at radius 2 is 1.95 bits per heavy atom. The van der Waals surface area contributed by atoms with Crippen LogP contribution in [0, 0.1) is 36.0 Å². The summed E-state index contributed by atoms with van der Waals surface area (Å²) in [5, 5.41) is 42.1. The number of aliphatic hydroxyl groups excluding tert-OH is 2. The highest BCUT2D eigenvalue weighted by Crippen LogP contribution is 2.45. The van der Waals surface area contributed by atoms with Crippen LogP contribution < -0.4 is 9.64 Å². The molecule has 3 N–H and O–H groups in total. The van der Waals surface area contributed by atoms with E-state index >= 15 is 0 Å². The molecule has 222 valence electrons. The minimum absolute atomic E-state index is 0.00861. The van der Waals surface area contributed by atoms with E-state index in [4.69, 9.17) is 14.5 Å². The van der Waals surface area contributed by atoms with E-state index in [0.717, 1.165) is 71.3 Å². The van der Waals surface area contributed by atoms with Crippen molar-refractivity contribution in [2.24, 2.45) is 17.8 Å². The molecule has 3 aromatic rings. The number of fused-ring (bicyclic) bond motifs is 2. The molecule has 2 unspecified atom stereocenters. The zero-order chi connectivity index (χ0) is 29.2. The number of thiazole rings is 1. The summed E-state index contributed by atoms with van der Waals surface area (Å²) in [6.45, 7) is 6.67. The number of anilines is 1. The number of ether oxygens (including phenoxy) is 2. The quantitative estimate of drug-likeness (QED) is 0.321. The maximum absolute atomic E-state index is 9.90. The Hall–Kier alpha value is -3.04. The molecule has 2 aromatic carbocycles.